The van der Waals surface area contributed by atoms with Gasteiger partial charge in [-0.05, 0) is 74.5 Å². The molecule has 3 rings (SSSR count). The van der Waals surface area contributed by atoms with Crippen LogP contribution in [0, 0.1) is 25.7 Å². The molecule has 9 heteroatoms. The number of carbonyl (C=O) groups is 3. The van der Waals surface area contributed by atoms with Crippen LogP contribution in [0.3, 0.4) is 0 Å². The van der Waals surface area contributed by atoms with E-state index in [0.717, 1.165) is 29.5 Å². The molecule has 4 atom stereocenters. The molecule has 2 aromatic carbocycles. The molecule has 1 aliphatic heterocycles. The van der Waals surface area contributed by atoms with Crippen LogP contribution >= 0.6 is 0 Å². The lowest BCUT2D eigenvalue weighted by Gasteiger charge is -2.37. The maximum absolute atomic E-state index is 13.7. The minimum Gasteiger partial charge on any atom is -0.483 e. The van der Waals surface area contributed by atoms with Crippen molar-refractivity contribution in [3.05, 3.63) is 65.2 Å². The van der Waals surface area contributed by atoms with Crippen molar-refractivity contribution < 1.29 is 24.2 Å². The zero-order chi connectivity index (χ0) is 32.2. The van der Waals surface area contributed by atoms with Crippen molar-refractivity contribution in [2.75, 3.05) is 19.7 Å². The van der Waals surface area contributed by atoms with Crippen molar-refractivity contribution in [2.24, 2.45) is 11.8 Å². The molecule has 0 aliphatic carbocycles. The van der Waals surface area contributed by atoms with Crippen molar-refractivity contribution in [1.82, 2.24) is 20.9 Å². The van der Waals surface area contributed by atoms with Gasteiger partial charge < -0.3 is 30.7 Å². The van der Waals surface area contributed by atoms with Crippen LogP contribution in [0.2, 0.25) is 0 Å². The highest BCUT2D eigenvalue weighted by molar-refractivity contribution is 5.87. The van der Waals surface area contributed by atoms with Crippen LogP contribution in [0.1, 0.15) is 70.1 Å². The van der Waals surface area contributed by atoms with Crippen LogP contribution in [-0.4, -0.2) is 71.8 Å². The van der Waals surface area contributed by atoms with E-state index >= 15 is 0 Å². The lowest BCUT2D eigenvalue weighted by Crippen LogP contribution is -2.59. The molecule has 242 valence electrons. The van der Waals surface area contributed by atoms with E-state index in [-0.39, 0.29) is 42.8 Å². The van der Waals surface area contributed by atoms with Crippen LogP contribution in [0.25, 0.3) is 0 Å². The number of para-hydroxylation sites is 1. The first kappa shape index (κ1) is 34.9. The van der Waals surface area contributed by atoms with Crippen molar-refractivity contribution in [3.8, 4) is 5.75 Å². The average molecular weight is 609 g/mol. The number of benzene rings is 2. The van der Waals surface area contributed by atoms with Gasteiger partial charge in [-0.2, -0.15) is 0 Å². The van der Waals surface area contributed by atoms with Crippen LogP contribution in [0.4, 0.5) is 4.79 Å². The van der Waals surface area contributed by atoms with E-state index in [0.29, 0.717) is 37.6 Å². The Labute approximate surface area is 263 Å². The number of aliphatic hydroxyl groups excluding tert-OH is 1. The number of nitrogens with zero attached hydrogens (tertiary/aromatic N) is 1. The maximum atomic E-state index is 13.7. The summed E-state index contributed by atoms with van der Waals surface area (Å²) in [5.74, 6) is 0.454. The minimum absolute atomic E-state index is 0.0865. The molecule has 0 bridgehead atoms. The van der Waals surface area contributed by atoms with E-state index in [1.807, 2.05) is 76.2 Å². The van der Waals surface area contributed by atoms with Crippen LogP contribution in [-0.2, 0) is 16.0 Å². The molecule has 0 radical (unpaired) electrons. The standard InChI is InChI=1S/C35H52N4O5/c1-23(2)16-17-28(37-34(42)32(24(3)4)39-19-11-18-36-35(39)43)21-30(40)29(20-27-14-8-7-9-15-27)38-31(41)22-44-33-25(5)12-10-13-26(33)6/h7-10,12-15,23-24,28-30,32,40H,11,16-22H2,1-6H3,(H,36,43)(H,37,42)(H,38,41)/t28-,29-,30-,32-/m0/s1. The Morgan fingerprint density at radius 2 is 1.66 bits per heavy atom. The highest BCUT2D eigenvalue weighted by Gasteiger charge is 2.35. The van der Waals surface area contributed by atoms with E-state index < -0.39 is 18.2 Å². The summed E-state index contributed by atoms with van der Waals surface area (Å²) in [5.41, 5.74) is 2.87. The second-order valence-corrected chi connectivity index (χ2v) is 12.8. The first-order chi connectivity index (χ1) is 21.0. The molecule has 1 fully saturated rings. The number of urea groups is 1. The maximum Gasteiger partial charge on any atom is 0.318 e. The summed E-state index contributed by atoms with van der Waals surface area (Å²) >= 11 is 0. The number of aliphatic hydroxyl groups is 1. The molecule has 1 heterocycles. The molecule has 2 aromatic rings. The Morgan fingerprint density at radius 1 is 0.977 bits per heavy atom. The number of hydrogen-bond donors (Lipinski definition) is 4. The Bertz CT molecular complexity index is 1200. The third kappa shape index (κ3) is 10.5. The molecule has 4 amide bonds. The van der Waals surface area contributed by atoms with Gasteiger partial charge in [-0.3, -0.25) is 9.59 Å². The van der Waals surface area contributed by atoms with Crippen molar-refractivity contribution >= 4 is 17.8 Å². The van der Waals surface area contributed by atoms with E-state index in [9.17, 15) is 19.5 Å². The molecule has 0 saturated carbocycles. The highest BCUT2D eigenvalue weighted by atomic mass is 16.5. The van der Waals surface area contributed by atoms with Gasteiger partial charge in [-0.15, -0.1) is 0 Å². The average Bonchev–Trinajstić information content (AvgIpc) is 2.96. The van der Waals surface area contributed by atoms with E-state index in [2.05, 4.69) is 29.8 Å². The van der Waals surface area contributed by atoms with Crippen LogP contribution in [0.15, 0.2) is 48.5 Å². The van der Waals surface area contributed by atoms with Gasteiger partial charge >= 0.3 is 6.03 Å². The normalized spacial score (nSPS) is 16.2. The summed E-state index contributed by atoms with van der Waals surface area (Å²) in [5, 5.41) is 20.6. The zero-order valence-electron chi connectivity index (χ0n) is 27.3. The Balaban J connectivity index is 1.75. The Morgan fingerprint density at radius 3 is 2.27 bits per heavy atom. The van der Waals surface area contributed by atoms with Gasteiger partial charge in [0.05, 0.1) is 12.1 Å². The summed E-state index contributed by atoms with van der Waals surface area (Å²) in [6.45, 7) is 13.0. The number of aryl methyl sites for hydroxylation is 2. The SMILES string of the molecule is Cc1cccc(C)c1OCC(=O)N[C@@H](Cc1ccccc1)[C@@H](O)C[C@H](CCC(C)C)NC(=O)[C@H](C(C)C)N1CCCNC1=O. The lowest BCUT2D eigenvalue weighted by atomic mass is 9.92. The highest BCUT2D eigenvalue weighted by Crippen LogP contribution is 2.22. The first-order valence-electron chi connectivity index (χ1n) is 16.0. The summed E-state index contributed by atoms with van der Waals surface area (Å²) in [6, 6.07) is 13.8. The Hall–Kier alpha value is -3.59. The van der Waals surface area contributed by atoms with E-state index in [1.54, 1.807) is 4.90 Å². The van der Waals surface area contributed by atoms with Gasteiger partial charge in [0.25, 0.3) is 5.91 Å². The second kappa shape index (κ2) is 17.0. The molecular formula is C35H52N4O5. The minimum atomic E-state index is -0.937. The van der Waals surface area contributed by atoms with E-state index in [1.165, 1.54) is 0 Å². The number of hydrogen-bond acceptors (Lipinski definition) is 5. The fourth-order valence-electron chi connectivity index (χ4n) is 5.81. The number of amides is 4. The van der Waals surface area contributed by atoms with Crippen molar-refractivity contribution in [3.63, 3.8) is 0 Å². The second-order valence-electron chi connectivity index (χ2n) is 12.8. The summed E-state index contributed by atoms with van der Waals surface area (Å²) < 4.78 is 5.89. The van der Waals surface area contributed by atoms with E-state index in [4.69, 9.17) is 4.74 Å². The molecule has 1 aliphatic rings. The molecule has 1 saturated heterocycles. The fraction of sp³-hybridized carbons (Fsp3) is 0.571. The summed E-state index contributed by atoms with van der Waals surface area (Å²) in [4.78, 5) is 41.0. The van der Waals surface area contributed by atoms with Crippen molar-refractivity contribution in [1.29, 1.82) is 0 Å². The van der Waals surface area contributed by atoms with Gasteiger partial charge in [-0.1, -0.05) is 76.2 Å². The van der Waals surface area contributed by atoms with Crippen molar-refractivity contribution in [2.45, 2.75) is 97.9 Å². The predicted octanol–water partition coefficient (Wildman–Crippen LogP) is 4.52. The van der Waals surface area contributed by atoms with Gasteiger partial charge in [-0.25, -0.2) is 4.79 Å². The quantitative estimate of drug-likeness (QED) is 0.223. The fourth-order valence-corrected chi connectivity index (χ4v) is 5.81. The smallest absolute Gasteiger partial charge is 0.318 e. The number of nitrogens with one attached hydrogen (secondary N) is 3. The largest absolute Gasteiger partial charge is 0.483 e. The van der Waals surface area contributed by atoms with Gasteiger partial charge in [0, 0.05) is 19.1 Å². The Kier molecular flexibility index (Phi) is 13.5. The number of ether oxygens (including phenoxy) is 1. The third-order valence-corrected chi connectivity index (χ3v) is 8.18. The van der Waals surface area contributed by atoms with Gasteiger partial charge in [0.1, 0.15) is 11.8 Å². The molecule has 9 nitrogen and oxygen atoms in total. The monoisotopic (exact) mass is 608 g/mol. The number of rotatable bonds is 16. The molecule has 0 aromatic heterocycles. The predicted molar refractivity (Wildman–Crippen MR) is 173 cm³/mol. The third-order valence-electron chi connectivity index (χ3n) is 8.18. The summed E-state index contributed by atoms with van der Waals surface area (Å²) in [7, 11) is 0. The van der Waals surface area contributed by atoms with Gasteiger partial charge in [0.15, 0.2) is 6.61 Å². The lowest BCUT2D eigenvalue weighted by molar-refractivity contribution is -0.128. The molecule has 4 N–H and O–H groups in total. The molecule has 44 heavy (non-hydrogen) atoms. The van der Waals surface area contributed by atoms with Crippen LogP contribution < -0.4 is 20.7 Å². The topological polar surface area (TPSA) is 120 Å². The number of carbonyl (C=O) groups excluding carboxylic acids is 3. The van der Waals surface area contributed by atoms with Crippen LogP contribution in [0.5, 0.6) is 5.75 Å². The first-order valence-corrected chi connectivity index (χ1v) is 16.0. The summed E-state index contributed by atoms with van der Waals surface area (Å²) in [6.07, 6.45) is 2.04. The zero-order valence-corrected chi connectivity index (χ0v) is 27.3. The molecule has 0 unspecified atom stereocenters. The van der Waals surface area contributed by atoms with Gasteiger partial charge in [0.2, 0.25) is 5.91 Å². The molecular weight excluding hydrogens is 556 g/mol. The molecule has 0 spiro atoms.